The minimum absolute atomic E-state index is 0.146. The van der Waals surface area contributed by atoms with Gasteiger partial charge in [-0.2, -0.15) is 0 Å². The lowest BCUT2D eigenvalue weighted by atomic mass is 9.48. The van der Waals surface area contributed by atoms with Crippen LogP contribution in [0.4, 0.5) is 0 Å². The van der Waals surface area contributed by atoms with Crippen LogP contribution in [0.2, 0.25) is 0 Å². The number of fused-ring (bicyclic) bond motifs is 3. The van der Waals surface area contributed by atoms with Crippen LogP contribution in [-0.2, 0) is 0 Å². The van der Waals surface area contributed by atoms with E-state index in [1.165, 1.54) is 25.7 Å². The maximum Gasteiger partial charge on any atom is 0.0833 e. The van der Waals surface area contributed by atoms with Gasteiger partial charge in [-0.1, -0.05) is 32.4 Å². The van der Waals surface area contributed by atoms with Crippen LogP contribution in [0.1, 0.15) is 79.1 Å². The average molecular weight is 364 g/mol. The Morgan fingerprint density at radius 1 is 1.23 bits per heavy atom. The van der Waals surface area contributed by atoms with E-state index in [1.807, 2.05) is 0 Å². The lowest BCUT2D eigenvalue weighted by molar-refractivity contribution is -0.168. The Balaban J connectivity index is 1.86. The van der Waals surface area contributed by atoms with Crippen molar-refractivity contribution in [3.05, 3.63) is 11.6 Å². The van der Waals surface area contributed by atoms with Crippen LogP contribution >= 0.6 is 0 Å². The first-order chi connectivity index (χ1) is 12.3. The molecule has 0 radical (unpaired) electrons. The summed E-state index contributed by atoms with van der Waals surface area (Å²) in [5.41, 5.74) is 1.98. The first-order valence-corrected chi connectivity index (χ1v) is 11.0. The van der Waals surface area contributed by atoms with Gasteiger partial charge >= 0.3 is 0 Å². The van der Waals surface area contributed by atoms with Crippen LogP contribution in [0.25, 0.3) is 0 Å². The Morgan fingerprint density at radius 3 is 2.58 bits per heavy atom. The Kier molecular flexibility index (Phi) is 5.92. The van der Waals surface area contributed by atoms with Gasteiger partial charge in [0.2, 0.25) is 0 Å². The van der Waals surface area contributed by atoms with Crippen molar-refractivity contribution < 1.29 is 10.2 Å². The first-order valence-electron chi connectivity index (χ1n) is 11.0. The Labute approximate surface area is 160 Å². The molecule has 0 aromatic heterocycles. The van der Waals surface area contributed by atoms with Crippen molar-refractivity contribution in [3.63, 3.8) is 0 Å². The molecule has 3 rings (SSSR count). The zero-order chi connectivity index (χ0) is 19.1. The van der Waals surface area contributed by atoms with E-state index in [1.54, 1.807) is 5.57 Å². The number of rotatable bonds is 5. The van der Waals surface area contributed by atoms with Gasteiger partial charge in [-0.05, 0) is 93.9 Å². The van der Waals surface area contributed by atoms with Gasteiger partial charge in [0, 0.05) is 6.04 Å². The summed E-state index contributed by atoms with van der Waals surface area (Å²) in [4.78, 5) is 0. The summed E-state index contributed by atoms with van der Waals surface area (Å²) in [5, 5.41) is 25.2. The highest BCUT2D eigenvalue weighted by atomic mass is 16.3. The fourth-order valence-corrected chi connectivity index (χ4v) is 7.16. The molecule has 0 aromatic carbocycles. The van der Waals surface area contributed by atoms with E-state index >= 15 is 0 Å². The maximum atomic E-state index is 11.0. The molecule has 3 saturated carbocycles. The molecule has 3 N–H and O–H groups in total. The van der Waals surface area contributed by atoms with E-state index in [0.29, 0.717) is 17.9 Å². The first kappa shape index (κ1) is 20.4. The van der Waals surface area contributed by atoms with Gasteiger partial charge in [-0.3, -0.25) is 0 Å². The van der Waals surface area contributed by atoms with Crippen LogP contribution in [0.3, 0.4) is 0 Å². The Hall–Kier alpha value is -0.380. The molecule has 3 aliphatic rings. The predicted octanol–water partition coefficient (Wildman–Crippen LogP) is 4.29. The van der Waals surface area contributed by atoms with Gasteiger partial charge in [-0.15, -0.1) is 0 Å². The van der Waals surface area contributed by atoms with Crippen LogP contribution in [-0.4, -0.2) is 35.5 Å². The van der Waals surface area contributed by atoms with Gasteiger partial charge in [0.15, 0.2) is 0 Å². The highest BCUT2D eigenvalue weighted by molar-refractivity contribution is 5.24. The highest BCUT2D eigenvalue weighted by Crippen LogP contribution is 2.65. The second-order valence-corrected chi connectivity index (χ2v) is 9.95. The molecule has 3 heteroatoms. The van der Waals surface area contributed by atoms with Gasteiger partial charge < -0.3 is 15.5 Å². The molecular formula is C23H41NO2. The molecule has 0 spiro atoms. The molecule has 0 aromatic rings. The molecule has 26 heavy (non-hydrogen) atoms. The molecule has 4 unspecified atom stereocenters. The van der Waals surface area contributed by atoms with Crippen molar-refractivity contribution in [1.82, 2.24) is 5.32 Å². The summed E-state index contributed by atoms with van der Waals surface area (Å²) in [7, 11) is 2.06. The van der Waals surface area contributed by atoms with Crippen LogP contribution in [0, 0.1) is 28.6 Å². The van der Waals surface area contributed by atoms with Crippen molar-refractivity contribution in [2.24, 2.45) is 28.6 Å². The van der Waals surface area contributed by atoms with Gasteiger partial charge in [-0.25, -0.2) is 0 Å². The summed E-state index contributed by atoms with van der Waals surface area (Å²) < 4.78 is 0. The van der Waals surface area contributed by atoms with E-state index in [2.05, 4.69) is 46.1 Å². The van der Waals surface area contributed by atoms with E-state index < -0.39 is 12.2 Å². The molecule has 0 bridgehead atoms. The molecule has 150 valence electrons. The van der Waals surface area contributed by atoms with Crippen molar-refractivity contribution in [3.8, 4) is 0 Å². The van der Waals surface area contributed by atoms with E-state index in [-0.39, 0.29) is 16.7 Å². The summed E-state index contributed by atoms with van der Waals surface area (Å²) in [6.07, 6.45) is 10.3. The predicted molar refractivity (Wildman–Crippen MR) is 108 cm³/mol. The zero-order valence-corrected chi connectivity index (χ0v) is 17.6. The number of allylic oxidation sites excluding steroid dienone is 2. The van der Waals surface area contributed by atoms with E-state index in [0.717, 1.165) is 25.7 Å². The standard InChI is InChI=1S/C23H41NO2/c1-6-15-8-9-18-20-17(11-13-23(15,18)4)22(3,14-19(25)21(20)26)12-10-16(7-2)24-5/h6,16-21,24-26H,7-14H2,1-5H3/b15-6-/t16?,17?,18?,19-,20?,21+,22+,23-/m1/s1. The normalized spacial score (nSPS) is 48.3. The summed E-state index contributed by atoms with van der Waals surface area (Å²) in [5.74, 6) is 1.34. The fraction of sp³-hybridized carbons (Fsp3) is 0.913. The van der Waals surface area contributed by atoms with E-state index in [9.17, 15) is 10.2 Å². The zero-order valence-electron chi connectivity index (χ0n) is 17.6. The van der Waals surface area contributed by atoms with Crippen molar-refractivity contribution in [2.75, 3.05) is 7.05 Å². The summed E-state index contributed by atoms with van der Waals surface area (Å²) >= 11 is 0. The third-order valence-corrected chi connectivity index (χ3v) is 8.85. The van der Waals surface area contributed by atoms with Gasteiger partial charge in [0.25, 0.3) is 0 Å². The second-order valence-electron chi connectivity index (χ2n) is 9.95. The smallest absolute Gasteiger partial charge is 0.0833 e. The van der Waals surface area contributed by atoms with Crippen LogP contribution in [0.5, 0.6) is 0 Å². The Morgan fingerprint density at radius 2 is 1.96 bits per heavy atom. The maximum absolute atomic E-state index is 11.0. The van der Waals surface area contributed by atoms with Crippen molar-refractivity contribution in [2.45, 2.75) is 97.3 Å². The fourth-order valence-electron chi connectivity index (χ4n) is 7.16. The summed E-state index contributed by atoms with van der Waals surface area (Å²) in [6, 6.07) is 0.559. The van der Waals surface area contributed by atoms with Gasteiger partial charge in [0.05, 0.1) is 12.2 Å². The van der Waals surface area contributed by atoms with Gasteiger partial charge in [0.1, 0.15) is 0 Å². The monoisotopic (exact) mass is 363 g/mol. The van der Waals surface area contributed by atoms with E-state index in [4.69, 9.17) is 0 Å². The summed E-state index contributed by atoms with van der Waals surface area (Å²) in [6.45, 7) is 9.24. The topological polar surface area (TPSA) is 52.5 Å². The number of aliphatic hydroxyl groups is 2. The van der Waals surface area contributed by atoms with Crippen LogP contribution in [0.15, 0.2) is 11.6 Å². The number of hydrogen-bond donors (Lipinski definition) is 3. The highest BCUT2D eigenvalue weighted by Gasteiger charge is 2.60. The number of nitrogens with one attached hydrogen (secondary N) is 1. The largest absolute Gasteiger partial charge is 0.390 e. The average Bonchev–Trinajstić information content (AvgIpc) is 2.96. The Bertz CT molecular complexity index is 528. The number of hydrogen-bond acceptors (Lipinski definition) is 3. The van der Waals surface area contributed by atoms with Crippen molar-refractivity contribution in [1.29, 1.82) is 0 Å². The molecule has 8 atom stereocenters. The molecular weight excluding hydrogens is 322 g/mol. The van der Waals surface area contributed by atoms with Crippen molar-refractivity contribution >= 4 is 0 Å². The molecule has 3 fully saturated rings. The van der Waals surface area contributed by atoms with Crippen LogP contribution < -0.4 is 5.32 Å². The lowest BCUT2D eigenvalue weighted by Crippen LogP contribution is -2.58. The quantitative estimate of drug-likeness (QED) is 0.639. The molecule has 3 nitrogen and oxygen atoms in total. The third-order valence-electron chi connectivity index (χ3n) is 8.85. The molecule has 0 aliphatic heterocycles. The molecule has 0 amide bonds. The molecule has 0 heterocycles. The SMILES string of the molecule is C/C=C1/CCC2C3C(CC[C@]12C)[C@@](C)(CCC(CC)NC)C[C@@H](O)[C@@H]3O. The minimum atomic E-state index is -0.562. The molecule has 3 aliphatic carbocycles. The minimum Gasteiger partial charge on any atom is -0.390 e. The lowest BCUT2D eigenvalue weighted by Gasteiger charge is -2.58. The second kappa shape index (κ2) is 7.56. The number of aliphatic hydroxyl groups excluding tert-OH is 2. The molecule has 0 saturated heterocycles. The third kappa shape index (κ3) is 3.18.